The molecule has 4 aromatic rings. The van der Waals surface area contributed by atoms with Crippen molar-refractivity contribution in [2.75, 3.05) is 11.9 Å². The summed E-state index contributed by atoms with van der Waals surface area (Å²) in [6.45, 7) is 7.94. The molecule has 2 N–H and O–H groups in total. The molecule has 0 atom stereocenters. The van der Waals surface area contributed by atoms with E-state index >= 15 is 0 Å². The fourth-order valence-electron chi connectivity index (χ4n) is 3.95. The second-order valence-electron chi connectivity index (χ2n) is 8.10. The van der Waals surface area contributed by atoms with Gasteiger partial charge >= 0.3 is 0 Å². The second kappa shape index (κ2) is 9.31. The molecule has 0 spiro atoms. The number of pyridine rings is 1. The summed E-state index contributed by atoms with van der Waals surface area (Å²) in [7, 11) is 0. The highest BCUT2D eigenvalue weighted by Gasteiger charge is 2.15. The van der Waals surface area contributed by atoms with Gasteiger partial charge in [-0.05, 0) is 92.5 Å². The molecule has 4 rings (SSSR count). The fraction of sp³-hybridized carbons (Fsp3) is 0.231. The molecule has 0 aliphatic carbocycles. The zero-order valence-electron chi connectivity index (χ0n) is 18.3. The lowest BCUT2D eigenvalue weighted by Crippen LogP contribution is -2.36. The summed E-state index contributed by atoms with van der Waals surface area (Å²) in [6, 6.07) is 19.0. The van der Waals surface area contributed by atoms with Crippen LogP contribution in [0.25, 0.3) is 10.9 Å². The van der Waals surface area contributed by atoms with Gasteiger partial charge in [0.1, 0.15) is 0 Å². The monoisotopic (exact) mass is 428 g/mol. The van der Waals surface area contributed by atoms with Gasteiger partial charge in [0.05, 0.1) is 0 Å². The van der Waals surface area contributed by atoms with Crippen LogP contribution < -0.4 is 5.32 Å². The van der Waals surface area contributed by atoms with Crippen molar-refractivity contribution in [1.29, 1.82) is 0 Å². The molecule has 0 saturated heterocycles. The van der Waals surface area contributed by atoms with Crippen LogP contribution in [0.4, 0.5) is 5.69 Å². The van der Waals surface area contributed by atoms with Gasteiger partial charge in [-0.3, -0.25) is 4.98 Å². The molecule has 0 saturated carbocycles. The molecule has 0 amide bonds. The number of rotatable bonds is 6. The van der Waals surface area contributed by atoms with Crippen molar-refractivity contribution in [2.24, 2.45) is 0 Å². The van der Waals surface area contributed by atoms with Gasteiger partial charge < -0.3 is 15.2 Å². The summed E-state index contributed by atoms with van der Waals surface area (Å²) in [5, 5.41) is 5.47. The van der Waals surface area contributed by atoms with Crippen LogP contribution in [0.1, 0.15) is 27.9 Å². The van der Waals surface area contributed by atoms with Crippen LogP contribution in [-0.2, 0) is 13.0 Å². The Labute approximate surface area is 189 Å². The molecule has 5 heteroatoms. The smallest absolute Gasteiger partial charge is 0.173 e. The summed E-state index contributed by atoms with van der Waals surface area (Å²) < 4.78 is 0. The number of nitrogens with zero attached hydrogens (tertiary/aromatic N) is 2. The van der Waals surface area contributed by atoms with Gasteiger partial charge in [-0.1, -0.05) is 23.8 Å². The lowest BCUT2D eigenvalue weighted by atomic mass is 10.1. The maximum absolute atomic E-state index is 5.84. The van der Waals surface area contributed by atoms with Crippen LogP contribution in [0, 0.1) is 20.8 Å². The molecule has 2 heterocycles. The Morgan fingerprint density at radius 3 is 2.55 bits per heavy atom. The summed E-state index contributed by atoms with van der Waals surface area (Å²) in [6.07, 6.45) is 4.57. The van der Waals surface area contributed by atoms with Crippen LogP contribution in [0.3, 0.4) is 0 Å². The van der Waals surface area contributed by atoms with E-state index in [1.165, 1.54) is 38.9 Å². The van der Waals surface area contributed by atoms with E-state index < -0.39 is 0 Å². The third kappa shape index (κ3) is 5.12. The Morgan fingerprint density at radius 2 is 1.77 bits per heavy atom. The molecule has 0 fully saturated rings. The van der Waals surface area contributed by atoms with Crippen molar-refractivity contribution < 1.29 is 0 Å². The maximum Gasteiger partial charge on any atom is 0.173 e. The molecule has 0 radical (unpaired) electrons. The van der Waals surface area contributed by atoms with E-state index in [1.807, 2.05) is 30.6 Å². The number of nitrogens with one attached hydrogen (secondary N) is 2. The number of hydrogen-bond donors (Lipinski definition) is 2. The molecule has 0 aliphatic heterocycles. The van der Waals surface area contributed by atoms with E-state index in [-0.39, 0.29) is 0 Å². The quantitative estimate of drug-likeness (QED) is 0.374. The summed E-state index contributed by atoms with van der Waals surface area (Å²) in [4.78, 5) is 9.91. The Bertz CT molecular complexity index is 1200. The number of thiocarbonyl (C=S) groups is 1. The summed E-state index contributed by atoms with van der Waals surface area (Å²) >= 11 is 5.84. The molecular formula is C26H28N4S. The number of aryl methyl sites for hydroxylation is 3. The third-order valence-corrected chi connectivity index (χ3v) is 5.95. The molecule has 31 heavy (non-hydrogen) atoms. The second-order valence-corrected chi connectivity index (χ2v) is 8.49. The number of benzene rings is 2. The minimum Gasteiger partial charge on any atom is -0.358 e. The van der Waals surface area contributed by atoms with Crippen LogP contribution in [0.15, 0.2) is 67.0 Å². The van der Waals surface area contributed by atoms with E-state index in [4.69, 9.17) is 12.2 Å². The highest BCUT2D eigenvalue weighted by molar-refractivity contribution is 7.80. The number of anilines is 1. The maximum atomic E-state index is 5.84. The van der Waals surface area contributed by atoms with Crippen molar-refractivity contribution in [1.82, 2.24) is 14.9 Å². The SMILES string of the molecule is Cc1cccc(NC(=S)N(CCc2c(C)[nH]c3ccc(C)cc23)Cc2ccncc2)c1. The summed E-state index contributed by atoms with van der Waals surface area (Å²) in [5.74, 6) is 0. The standard InChI is InChI=1S/C26H28N4S/c1-18-5-4-6-22(15-18)29-26(31)30(17-21-9-12-27-13-10-21)14-11-23-20(3)28-25-8-7-19(2)16-24(23)25/h4-10,12-13,15-16,28H,11,14,17H2,1-3H3,(H,29,31). The first-order chi connectivity index (χ1) is 15.0. The third-order valence-electron chi connectivity index (χ3n) is 5.59. The van der Waals surface area contributed by atoms with E-state index in [0.29, 0.717) is 0 Å². The van der Waals surface area contributed by atoms with Gasteiger partial charge in [0.15, 0.2) is 5.11 Å². The minimum absolute atomic E-state index is 0.732. The largest absolute Gasteiger partial charge is 0.358 e. The van der Waals surface area contributed by atoms with E-state index in [2.05, 4.69) is 77.4 Å². The zero-order valence-corrected chi connectivity index (χ0v) is 19.1. The van der Waals surface area contributed by atoms with Crippen molar-refractivity contribution >= 4 is 33.9 Å². The molecule has 0 bridgehead atoms. The van der Waals surface area contributed by atoms with Gasteiger partial charge in [-0.15, -0.1) is 0 Å². The van der Waals surface area contributed by atoms with Crippen LogP contribution in [0.2, 0.25) is 0 Å². The molecule has 4 nitrogen and oxygen atoms in total. The Hall–Kier alpha value is -3.18. The van der Waals surface area contributed by atoms with Crippen LogP contribution in [0.5, 0.6) is 0 Å². The van der Waals surface area contributed by atoms with Crippen molar-refractivity contribution in [3.05, 3.63) is 94.9 Å². The van der Waals surface area contributed by atoms with Gasteiger partial charge in [0.2, 0.25) is 0 Å². The lowest BCUT2D eigenvalue weighted by molar-refractivity contribution is 0.423. The molecule has 0 unspecified atom stereocenters. The first-order valence-electron chi connectivity index (χ1n) is 10.6. The fourth-order valence-corrected chi connectivity index (χ4v) is 4.23. The Balaban J connectivity index is 1.56. The molecule has 2 aromatic heterocycles. The van der Waals surface area contributed by atoms with Crippen molar-refractivity contribution in [2.45, 2.75) is 33.7 Å². The predicted molar refractivity (Wildman–Crippen MR) is 134 cm³/mol. The summed E-state index contributed by atoms with van der Waals surface area (Å²) in [5.41, 5.74) is 8.47. The van der Waals surface area contributed by atoms with Crippen molar-refractivity contribution in [3.8, 4) is 0 Å². The highest BCUT2D eigenvalue weighted by Crippen LogP contribution is 2.24. The number of hydrogen-bond acceptors (Lipinski definition) is 2. The normalized spacial score (nSPS) is 10.9. The Kier molecular flexibility index (Phi) is 6.33. The molecular weight excluding hydrogens is 400 g/mol. The molecule has 2 aromatic carbocycles. The first kappa shape index (κ1) is 21.1. The van der Waals surface area contributed by atoms with E-state index in [1.54, 1.807) is 0 Å². The van der Waals surface area contributed by atoms with Crippen LogP contribution >= 0.6 is 12.2 Å². The molecule has 158 valence electrons. The topological polar surface area (TPSA) is 44.0 Å². The predicted octanol–water partition coefficient (Wildman–Crippen LogP) is 5.93. The highest BCUT2D eigenvalue weighted by atomic mass is 32.1. The van der Waals surface area contributed by atoms with Gasteiger partial charge in [-0.25, -0.2) is 0 Å². The van der Waals surface area contributed by atoms with Crippen LogP contribution in [-0.4, -0.2) is 26.5 Å². The van der Waals surface area contributed by atoms with E-state index in [0.717, 1.165) is 30.3 Å². The van der Waals surface area contributed by atoms with Gasteiger partial charge in [-0.2, -0.15) is 0 Å². The molecule has 0 aliphatic rings. The van der Waals surface area contributed by atoms with Gasteiger partial charge in [0, 0.05) is 47.8 Å². The number of fused-ring (bicyclic) bond motifs is 1. The van der Waals surface area contributed by atoms with E-state index in [9.17, 15) is 0 Å². The number of aromatic amines is 1. The van der Waals surface area contributed by atoms with Gasteiger partial charge in [0.25, 0.3) is 0 Å². The number of H-pyrrole nitrogens is 1. The Morgan fingerprint density at radius 1 is 1.00 bits per heavy atom. The first-order valence-corrected chi connectivity index (χ1v) is 11.0. The lowest BCUT2D eigenvalue weighted by Gasteiger charge is -2.26. The average molecular weight is 429 g/mol. The average Bonchev–Trinajstić information content (AvgIpc) is 3.06. The zero-order chi connectivity index (χ0) is 21.8. The number of aromatic nitrogens is 2. The minimum atomic E-state index is 0.732. The van der Waals surface area contributed by atoms with Crippen molar-refractivity contribution in [3.63, 3.8) is 0 Å².